The highest BCUT2D eigenvalue weighted by molar-refractivity contribution is 7.92. The molecule has 254 valence electrons. The van der Waals surface area contributed by atoms with E-state index in [1.54, 1.807) is 0 Å². The lowest BCUT2D eigenvalue weighted by Crippen LogP contribution is -2.57. The Bertz CT molecular complexity index is 1620. The Kier molecular flexibility index (Phi) is 8.58. The van der Waals surface area contributed by atoms with Gasteiger partial charge in [0.2, 0.25) is 0 Å². The molecule has 2 atom stereocenters. The molecule has 2 aromatic rings. The number of aliphatic hydroxyl groups is 3. The van der Waals surface area contributed by atoms with E-state index in [0.717, 1.165) is 6.07 Å². The molecule has 1 saturated heterocycles. The van der Waals surface area contributed by atoms with Crippen LogP contribution in [0.5, 0.6) is 0 Å². The number of amides is 1. The van der Waals surface area contributed by atoms with Gasteiger partial charge in [-0.2, -0.15) is 26.3 Å². The molecule has 1 amide bonds. The van der Waals surface area contributed by atoms with Crippen molar-refractivity contribution < 1.29 is 59.3 Å². The van der Waals surface area contributed by atoms with E-state index in [2.05, 4.69) is 0 Å². The summed E-state index contributed by atoms with van der Waals surface area (Å²) in [6.07, 6.45) is -15.4. The van der Waals surface area contributed by atoms with Crippen LogP contribution in [-0.4, -0.2) is 71.4 Å². The molecule has 2 aromatic carbocycles. The average Bonchev–Trinajstić information content (AvgIpc) is 3.38. The van der Waals surface area contributed by atoms with E-state index in [9.17, 15) is 54.9 Å². The van der Waals surface area contributed by atoms with Gasteiger partial charge in [0, 0.05) is 23.0 Å². The number of aryl methyl sites for hydroxylation is 2. The standard InChI is InChI=1S/C30H31ClF7NO6S/c1-16-14-20(4-6-22(16)31)46(44,45)27-12-13-39(25(42)26(43)10-8-17(9-11-26)24(40)41)23(27)7-2-18-15-19(3-5-21(18)27)28(32,29(33,34)35)30(36,37)38/h3-6,14-15,17,23-24,40-41,43H,2,7-13H2,1H3/t17-,23?,26+,27?. The van der Waals surface area contributed by atoms with E-state index in [0.29, 0.717) is 11.6 Å². The second-order valence-electron chi connectivity index (χ2n) is 12.4. The summed E-state index contributed by atoms with van der Waals surface area (Å²) in [4.78, 5) is 14.9. The summed E-state index contributed by atoms with van der Waals surface area (Å²) in [5, 5.41) is 30.6. The molecule has 2 unspecified atom stereocenters. The lowest BCUT2D eigenvalue weighted by molar-refractivity contribution is -0.348. The van der Waals surface area contributed by atoms with Gasteiger partial charge >= 0.3 is 18.0 Å². The molecule has 3 N–H and O–H groups in total. The molecule has 0 aromatic heterocycles. The molecule has 1 saturated carbocycles. The number of carbonyl (C=O) groups excluding carboxylic acids is 1. The van der Waals surface area contributed by atoms with Crippen LogP contribution in [0.1, 0.15) is 60.8 Å². The lowest BCUT2D eigenvalue weighted by Gasteiger charge is -2.45. The third kappa shape index (κ3) is 5.11. The average molecular weight is 702 g/mol. The van der Waals surface area contributed by atoms with Gasteiger partial charge in [-0.25, -0.2) is 12.8 Å². The van der Waals surface area contributed by atoms with Gasteiger partial charge < -0.3 is 20.2 Å². The van der Waals surface area contributed by atoms with Crippen molar-refractivity contribution in [2.75, 3.05) is 6.54 Å². The smallest absolute Gasteiger partial charge is 0.380 e. The van der Waals surface area contributed by atoms with Crippen LogP contribution in [0.25, 0.3) is 0 Å². The van der Waals surface area contributed by atoms with E-state index in [-0.39, 0.29) is 78.6 Å². The molecule has 3 aliphatic rings. The number of likely N-dealkylation sites (tertiary alicyclic amines) is 1. The second-order valence-corrected chi connectivity index (χ2v) is 15.0. The van der Waals surface area contributed by atoms with Crippen LogP contribution in [0.15, 0.2) is 41.3 Å². The maximum absolute atomic E-state index is 15.1. The van der Waals surface area contributed by atoms with Gasteiger partial charge in [-0.3, -0.25) is 4.79 Å². The Hall–Kier alpha value is -2.46. The van der Waals surface area contributed by atoms with Crippen molar-refractivity contribution in [2.24, 2.45) is 5.92 Å². The quantitative estimate of drug-likeness (QED) is 0.285. The first-order chi connectivity index (χ1) is 21.1. The van der Waals surface area contributed by atoms with Crippen molar-refractivity contribution >= 4 is 27.3 Å². The maximum atomic E-state index is 15.1. The van der Waals surface area contributed by atoms with Crippen LogP contribution in [0, 0.1) is 12.8 Å². The Labute approximate surface area is 264 Å². The first kappa shape index (κ1) is 34.9. The van der Waals surface area contributed by atoms with Gasteiger partial charge in [0.25, 0.3) is 5.91 Å². The summed E-state index contributed by atoms with van der Waals surface area (Å²) < 4.78 is 124. The van der Waals surface area contributed by atoms with Crippen molar-refractivity contribution in [1.82, 2.24) is 4.90 Å². The monoisotopic (exact) mass is 701 g/mol. The fraction of sp³-hybridized carbons (Fsp3) is 0.567. The summed E-state index contributed by atoms with van der Waals surface area (Å²) in [6, 6.07) is 4.04. The summed E-state index contributed by atoms with van der Waals surface area (Å²) in [7, 11) is -4.59. The van der Waals surface area contributed by atoms with Crippen molar-refractivity contribution in [2.45, 2.75) is 97.5 Å². The number of hydrogen-bond donors (Lipinski definition) is 3. The number of benzene rings is 2. The summed E-state index contributed by atoms with van der Waals surface area (Å²) in [5.74, 6) is -1.41. The Morgan fingerprint density at radius 1 is 0.957 bits per heavy atom. The molecule has 0 spiro atoms. The predicted octanol–water partition coefficient (Wildman–Crippen LogP) is 5.39. The van der Waals surface area contributed by atoms with E-state index < -0.39 is 67.9 Å². The van der Waals surface area contributed by atoms with E-state index in [4.69, 9.17) is 11.6 Å². The van der Waals surface area contributed by atoms with E-state index in [1.807, 2.05) is 0 Å². The number of rotatable bonds is 5. The molecule has 46 heavy (non-hydrogen) atoms. The van der Waals surface area contributed by atoms with Crippen molar-refractivity contribution in [3.05, 3.63) is 63.7 Å². The van der Waals surface area contributed by atoms with Crippen molar-refractivity contribution in [3.8, 4) is 0 Å². The van der Waals surface area contributed by atoms with Crippen molar-refractivity contribution in [1.29, 1.82) is 0 Å². The van der Waals surface area contributed by atoms with Crippen LogP contribution in [-0.2, 0) is 31.5 Å². The van der Waals surface area contributed by atoms with Gasteiger partial charge in [-0.05, 0) is 86.8 Å². The summed E-state index contributed by atoms with van der Waals surface area (Å²) in [5.41, 5.74) is -9.50. The minimum atomic E-state index is -6.38. The Morgan fingerprint density at radius 2 is 1.57 bits per heavy atom. The van der Waals surface area contributed by atoms with Gasteiger partial charge in [0.1, 0.15) is 10.3 Å². The Morgan fingerprint density at radius 3 is 2.11 bits per heavy atom. The number of halogens is 8. The molecule has 0 bridgehead atoms. The molecule has 7 nitrogen and oxygen atoms in total. The third-order valence-electron chi connectivity index (χ3n) is 9.92. The molecule has 0 radical (unpaired) electrons. The normalized spacial score (nSPS) is 27.5. The zero-order valence-electron chi connectivity index (χ0n) is 24.3. The van der Waals surface area contributed by atoms with Gasteiger partial charge in [0.05, 0.1) is 10.9 Å². The number of fused-ring (bicyclic) bond motifs is 3. The number of aliphatic hydroxyl groups excluding tert-OH is 1. The largest absolute Gasteiger partial charge is 0.435 e. The topological polar surface area (TPSA) is 115 Å². The highest BCUT2D eigenvalue weighted by Gasteiger charge is 2.74. The number of alkyl halides is 7. The SMILES string of the molecule is Cc1cc(S(=O)(=O)C23CCN(C(=O)[C@]4(O)CC[C@@H](C(O)O)CC4)C2CCc2cc(C(F)(C(F)(F)F)C(F)(F)F)ccc23)ccc1Cl. The van der Waals surface area contributed by atoms with Crippen molar-refractivity contribution in [3.63, 3.8) is 0 Å². The molecular formula is C30H31ClF7NO6S. The zero-order chi connectivity index (χ0) is 34.3. The number of nitrogens with zero attached hydrogens (tertiary/aromatic N) is 1. The molecule has 1 aliphatic heterocycles. The minimum absolute atomic E-state index is 0.0842. The summed E-state index contributed by atoms with van der Waals surface area (Å²) >= 11 is 6.11. The first-order valence-electron chi connectivity index (χ1n) is 14.5. The van der Waals surface area contributed by atoms with Gasteiger partial charge in [-0.1, -0.05) is 29.8 Å². The first-order valence-corrected chi connectivity index (χ1v) is 16.3. The number of carbonyl (C=O) groups is 1. The molecule has 1 heterocycles. The maximum Gasteiger partial charge on any atom is 0.435 e. The van der Waals surface area contributed by atoms with Crippen LogP contribution >= 0.6 is 11.6 Å². The second kappa shape index (κ2) is 11.3. The van der Waals surface area contributed by atoms with Gasteiger partial charge in [0.15, 0.2) is 16.1 Å². The third-order valence-corrected chi connectivity index (χ3v) is 12.9. The molecule has 16 heteroatoms. The summed E-state index contributed by atoms with van der Waals surface area (Å²) in [6.45, 7) is 1.30. The van der Waals surface area contributed by atoms with Crippen LogP contribution in [0.4, 0.5) is 30.7 Å². The molecule has 2 fully saturated rings. The molecular weight excluding hydrogens is 671 g/mol. The van der Waals surface area contributed by atoms with Crippen LogP contribution in [0.3, 0.4) is 0 Å². The van der Waals surface area contributed by atoms with E-state index >= 15 is 4.39 Å². The van der Waals surface area contributed by atoms with Gasteiger partial charge in [-0.15, -0.1) is 0 Å². The highest BCUT2D eigenvalue weighted by Crippen LogP contribution is 2.57. The minimum Gasteiger partial charge on any atom is -0.380 e. The fourth-order valence-electron chi connectivity index (χ4n) is 7.36. The lowest BCUT2D eigenvalue weighted by atomic mass is 9.75. The molecule has 2 aliphatic carbocycles. The number of hydrogen-bond acceptors (Lipinski definition) is 6. The highest BCUT2D eigenvalue weighted by atomic mass is 35.5. The van der Waals surface area contributed by atoms with Crippen LogP contribution in [0.2, 0.25) is 5.02 Å². The predicted molar refractivity (Wildman–Crippen MR) is 150 cm³/mol. The van der Waals surface area contributed by atoms with E-state index in [1.165, 1.54) is 30.0 Å². The number of sulfone groups is 1. The zero-order valence-corrected chi connectivity index (χ0v) is 25.9. The van der Waals surface area contributed by atoms with Crippen LogP contribution < -0.4 is 0 Å². The fourth-order valence-corrected chi connectivity index (χ4v) is 9.93. The molecule has 5 rings (SSSR count). The Balaban J connectivity index is 1.65.